The Labute approximate surface area is 119 Å². The monoisotopic (exact) mass is 348 g/mol. The predicted octanol–water partition coefficient (Wildman–Crippen LogP) is 4.31. The summed E-state index contributed by atoms with van der Waals surface area (Å²) in [5, 5.41) is 13.2. The summed E-state index contributed by atoms with van der Waals surface area (Å²) in [5.41, 5.74) is 0.0109. The van der Waals surface area contributed by atoms with E-state index in [1.165, 1.54) is 6.07 Å². The van der Waals surface area contributed by atoms with E-state index >= 15 is 0 Å². The lowest BCUT2D eigenvalue weighted by atomic mass is 10.3. The number of hydrogen-bond donors (Lipinski definition) is 1. The Morgan fingerprint density at radius 3 is 2.68 bits per heavy atom. The van der Waals surface area contributed by atoms with E-state index in [0.29, 0.717) is 4.88 Å². The number of halogens is 3. The van der Waals surface area contributed by atoms with Crippen LogP contribution in [0.4, 0.5) is 19.5 Å². The van der Waals surface area contributed by atoms with Gasteiger partial charge in [0.15, 0.2) is 0 Å². The topological polar surface area (TPSA) is 55.2 Å². The minimum atomic E-state index is -0.598. The number of anilines is 1. The molecule has 2 rings (SSSR count). The molecule has 0 bridgehead atoms. The lowest BCUT2D eigenvalue weighted by Gasteiger charge is -2.07. The SMILES string of the molecule is O=[N+]([O-])c1ccc(CNc2cc(F)c(Br)cc2F)s1. The lowest BCUT2D eigenvalue weighted by molar-refractivity contribution is -0.380. The molecule has 1 aromatic carbocycles. The third-order valence-corrected chi connectivity index (χ3v) is 3.94. The second-order valence-electron chi connectivity index (χ2n) is 3.60. The van der Waals surface area contributed by atoms with Gasteiger partial charge in [0.05, 0.1) is 15.1 Å². The van der Waals surface area contributed by atoms with Crippen LogP contribution < -0.4 is 5.32 Å². The maximum absolute atomic E-state index is 13.5. The van der Waals surface area contributed by atoms with Gasteiger partial charge in [-0.2, -0.15) is 0 Å². The summed E-state index contributed by atoms with van der Waals surface area (Å²) < 4.78 is 26.8. The van der Waals surface area contributed by atoms with Crippen LogP contribution in [0.5, 0.6) is 0 Å². The highest BCUT2D eigenvalue weighted by atomic mass is 79.9. The number of hydrogen-bond acceptors (Lipinski definition) is 4. The molecule has 0 aliphatic rings. The van der Waals surface area contributed by atoms with Crippen molar-refractivity contribution in [2.24, 2.45) is 0 Å². The average Bonchev–Trinajstić information content (AvgIpc) is 2.81. The van der Waals surface area contributed by atoms with Crippen molar-refractivity contribution in [2.75, 3.05) is 5.32 Å². The smallest absolute Gasteiger partial charge is 0.324 e. The molecule has 19 heavy (non-hydrogen) atoms. The molecule has 0 unspecified atom stereocenters. The zero-order chi connectivity index (χ0) is 14.0. The molecule has 1 aromatic heterocycles. The van der Waals surface area contributed by atoms with Crippen molar-refractivity contribution < 1.29 is 13.7 Å². The first-order valence-electron chi connectivity index (χ1n) is 5.09. The molecule has 0 fully saturated rings. The molecule has 0 amide bonds. The van der Waals surface area contributed by atoms with Gasteiger partial charge in [-0.1, -0.05) is 11.3 Å². The lowest BCUT2D eigenvalue weighted by Crippen LogP contribution is -2.00. The molecule has 0 atom stereocenters. The van der Waals surface area contributed by atoms with E-state index in [1.54, 1.807) is 6.07 Å². The van der Waals surface area contributed by atoms with Crippen molar-refractivity contribution >= 4 is 38.0 Å². The molecule has 8 heteroatoms. The van der Waals surface area contributed by atoms with Gasteiger partial charge in [-0.25, -0.2) is 8.78 Å². The van der Waals surface area contributed by atoms with E-state index in [0.717, 1.165) is 23.5 Å². The van der Waals surface area contributed by atoms with Crippen molar-refractivity contribution in [1.82, 2.24) is 0 Å². The van der Waals surface area contributed by atoms with Crippen molar-refractivity contribution in [3.8, 4) is 0 Å². The highest BCUT2D eigenvalue weighted by Gasteiger charge is 2.11. The van der Waals surface area contributed by atoms with E-state index in [2.05, 4.69) is 21.2 Å². The van der Waals surface area contributed by atoms with Crippen molar-refractivity contribution in [2.45, 2.75) is 6.54 Å². The van der Waals surface area contributed by atoms with E-state index in [-0.39, 0.29) is 21.7 Å². The molecule has 4 nitrogen and oxygen atoms in total. The number of thiophene rings is 1. The third-order valence-electron chi connectivity index (χ3n) is 2.29. The quantitative estimate of drug-likeness (QED) is 0.508. The molecule has 0 spiro atoms. The first kappa shape index (κ1) is 13.9. The van der Waals surface area contributed by atoms with Crippen LogP contribution in [-0.4, -0.2) is 4.92 Å². The predicted molar refractivity (Wildman–Crippen MR) is 72.4 cm³/mol. The maximum Gasteiger partial charge on any atom is 0.324 e. The fraction of sp³-hybridized carbons (Fsp3) is 0.0909. The number of nitro groups is 1. The Hall–Kier alpha value is -1.54. The number of nitrogens with one attached hydrogen (secondary N) is 1. The number of nitrogens with zero attached hydrogens (tertiary/aromatic N) is 1. The molecular formula is C11H7BrF2N2O2S. The van der Waals surface area contributed by atoms with Gasteiger partial charge in [-0.3, -0.25) is 10.1 Å². The van der Waals surface area contributed by atoms with Crippen LogP contribution in [0, 0.1) is 21.7 Å². The van der Waals surface area contributed by atoms with Crippen LogP contribution in [0.25, 0.3) is 0 Å². The van der Waals surface area contributed by atoms with Gasteiger partial charge in [0, 0.05) is 23.6 Å². The van der Waals surface area contributed by atoms with E-state index in [1.807, 2.05) is 0 Å². The van der Waals surface area contributed by atoms with Gasteiger partial charge >= 0.3 is 5.00 Å². The molecule has 0 aliphatic carbocycles. The number of benzene rings is 1. The molecule has 1 heterocycles. The Balaban J connectivity index is 2.09. The first-order chi connectivity index (χ1) is 8.97. The molecule has 100 valence electrons. The standard InChI is InChI=1S/C11H7BrF2N2O2S/c12-7-3-9(14)10(4-8(7)13)15-5-6-1-2-11(19-6)16(17)18/h1-4,15H,5H2. The van der Waals surface area contributed by atoms with Crippen LogP contribution in [0.2, 0.25) is 0 Å². The molecular weight excluding hydrogens is 342 g/mol. The van der Waals surface area contributed by atoms with Crippen LogP contribution in [0.15, 0.2) is 28.7 Å². The van der Waals surface area contributed by atoms with Gasteiger partial charge in [0.2, 0.25) is 0 Å². The second-order valence-corrected chi connectivity index (χ2v) is 5.60. The van der Waals surface area contributed by atoms with Crippen molar-refractivity contribution in [3.63, 3.8) is 0 Å². The molecule has 1 N–H and O–H groups in total. The average molecular weight is 349 g/mol. The van der Waals surface area contributed by atoms with Gasteiger partial charge < -0.3 is 5.32 Å². The fourth-order valence-corrected chi connectivity index (χ4v) is 2.48. The Morgan fingerprint density at radius 1 is 1.32 bits per heavy atom. The minimum Gasteiger partial charge on any atom is -0.378 e. The van der Waals surface area contributed by atoms with Crippen LogP contribution in [0.1, 0.15) is 4.88 Å². The van der Waals surface area contributed by atoms with Gasteiger partial charge in [-0.15, -0.1) is 0 Å². The third kappa shape index (κ3) is 3.27. The summed E-state index contributed by atoms with van der Waals surface area (Å²) >= 11 is 3.87. The minimum absolute atomic E-state index is 0.0109. The Kier molecular flexibility index (Phi) is 4.11. The van der Waals surface area contributed by atoms with Crippen molar-refractivity contribution in [1.29, 1.82) is 0 Å². The molecule has 2 aromatic rings. The van der Waals surface area contributed by atoms with Crippen LogP contribution in [0.3, 0.4) is 0 Å². The molecule has 0 radical (unpaired) electrons. The largest absolute Gasteiger partial charge is 0.378 e. The highest BCUT2D eigenvalue weighted by molar-refractivity contribution is 9.10. The van der Waals surface area contributed by atoms with Crippen molar-refractivity contribution in [3.05, 3.63) is 55.4 Å². The molecule has 0 saturated carbocycles. The summed E-state index contributed by atoms with van der Waals surface area (Å²) in [6.45, 7) is 0.191. The van der Waals surface area contributed by atoms with Gasteiger partial charge in [-0.05, 0) is 28.1 Å². The zero-order valence-corrected chi connectivity index (χ0v) is 11.7. The number of rotatable bonds is 4. The van der Waals surface area contributed by atoms with Crippen LogP contribution in [-0.2, 0) is 6.54 Å². The summed E-state index contributed by atoms with van der Waals surface area (Å²) in [4.78, 5) is 10.7. The van der Waals surface area contributed by atoms with Crippen LogP contribution >= 0.6 is 27.3 Å². The summed E-state index contributed by atoms with van der Waals surface area (Å²) in [6.07, 6.45) is 0. The fourth-order valence-electron chi connectivity index (χ4n) is 1.40. The molecule has 0 aliphatic heterocycles. The Bertz CT molecular complexity index is 633. The second kappa shape index (κ2) is 5.62. The maximum atomic E-state index is 13.5. The summed E-state index contributed by atoms with van der Waals surface area (Å²) in [7, 11) is 0. The van der Waals surface area contributed by atoms with E-state index in [4.69, 9.17) is 0 Å². The van der Waals surface area contributed by atoms with E-state index < -0.39 is 16.6 Å². The highest BCUT2D eigenvalue weighted by Crippen LogP contribution is 2.27. The summed E-state index contributed by atoms with van der Waals surface area (Å²) in [5.74, 6) is -1.18. The Morgan fingerprint density at radius 2 is 2.05 bits per heavy atom. The normalized spacial score (nSPS) is 10.5. The first-order valence-corrected chi connectivity index (χ1v) is 6.70. The van der Waals surface area contributed by atoms with Gasteiger partial charge in [0.25, 0.3) is 0 Å². The van der Waals surface area contributed by atoms with E-state index in [9.17, 15) is 18.9 Å². The molecule has 0 saturated heterocycles. The van der Waals surface area contributed by atoms with Gasteiger partial charge in [0.1, 0.15) is 11.6 Å². The zero-order valence-electron chi connectivity index (χ0n) is 9.32. The summed E-state index contributed by atoms with van der Waals surface area (Å²) in [6, 6.07) is 5.00.